The van der Waals surface area contributed by atoms with E-state index in [0.29, 0.717) is 40.2 Å². The maximum Gasteiger partial charge on any atom is 0.295 e. The topological polar surface area (TPSA) is 243 Å². The van der Waals surface area contributed by atoms with E-state index in [4.69, 9.17) is 15.3 Å². The first-order valence-electron chi connectivity index (χ1n) is 14.8. The third-order valence-electron chi connectivity index (χ3n) is 7.38. The van der Waals surface area contributed by atoms with E-state index in [2.05, 4.69) is 44.5 Å². The quantitative estimate of drug-likeness (QED) is 0.0198. The molecular weight excluding hydrogens is 755 g/mol. The Kier molecular flexibility index (Phi) is 11.6. The SMILES string of the molecule is COc1cc(N=Nc2c(SOOO)cc3cc(Nc4ccccc4)ccc3c2O)c(O)cc1N=Nc1ccc2c(S(=O)(=O)O)cc(SOOO)cc2c1. The first kappa shape index (κ1) is 37.4. The maximum atomic E-state index is 12.0. The number of hydrogen-bond donors (Lipinski definition) is 6. The molecule has 6 aromatic rings. The van der Waals surface area contributed by atoms with Gasteiger partial charge in [0, 0.05) is 39.2 Å². The minimum atomic E-state index is -4.64. The lowest BCUT2D eigenvalue weighted by molar-refractivity contribution is -0.432. The number of rotatable bonds is 14. The van der Waals surface area contributed by atoms with Gasteiger partial charge in [0.2, 0.25) is 0 Å². The highest BCUT2D eigenvalue weighted by Gasteiger charge is 2.19. The van der Waals surface area contributed by atoms with Crippen LogP contribution in [0, 0.1) is 0 Å². The molecular formula is C33H25N5O12S3. The zero-order valence-electron chi connectivity index (χ0n) is 26.8. The average molecular weight is 780 g/mol. The largest absolute Gasteiger partial charge is 0.506 e. The number of fused-ring (bicyclic) bond motifs is 2. The van der Waals surface area contributed by atoms with Gasteiger partial charge in [0.25, 0.3) is 10.1 Å². The second-order valence-corrected chi connectivity index (χ2v) is 13.6. The lowest BCUT2D eigenvalue weighted by Crippen LogP contribution is -1.99. The van der Waals surface area contributed by atoms with Crippen LogP contribution >= 0.6 is 24.1 Å². The van der Waals surface area contributed by atoms with E-state index < -0.39 is 15.0 Å². The third-order valence-corrected chi connectivity index (χ3v) is 9.46. The van der Waals surface area contributed by atoms with Gasteiger partial charge in [0.1, 0.15) is 33.5 Å². The molecule has 53 heavy (non-hydrogen) atoms. The highest BCUT2D eigenvalue weighted by Crippen LogP contribution is 2.46. The van der Waals surface area contributed by atoms with E-state index in [0.717, 1.165) is 17.4 Å². The maximum absolute atomic E-state index is 12.0. The summed E-state index contributed by atoms with van der Waals surface area (Å²) in [6.07, 6.45) is 0. The lowest BCUT2D eigenvalue weighted by Gasteiger charge is -2.12. The number of nitrogens with zero attached hydrogens (tertiary/aromatic N) is 4. The number of azo groups is 2. The summed E-state index contributed by atoms with van der Waals surface area (Å²) in [5, 5.41) is 68.1. The molecule has 272 valence electrons. The Hall–Kier alpha value is -5.39. The van der Waals surface area contributed by atoms with Gasteiger partial charge in [0.15, 0.2) is 5.75 Å². The smallest absolute Gasteiger partial charge is 0.295 e. The van der Waals surface area contributed by atoms with E-state index in [1.54, 1.807) is 24.3 Å². The summed E-state index contributed by atoms with van der Waals surface area (Å²) in [4.78, 5) is -0.0337. The van der Waals surface area contributed by atoms with E-state index in [9.17, 15) is 23.2 Å². The summed E-state index contributed by atoms with van der Waals surface area (Å²) in [5.41, 5.74) is 1.80. The number of benzene rings is 6. The Morgan fingerprint density at radius 2 is 1.42 bits per heavy atom. The number of aromatic hydroxyl groups is 2. The summed E-state index contributed by atoms with van der Waals surface area (Å²) >= 11 is 1.06. The van der Waals surface area contributed by atoms with Crippen LogP contribution in [0.2, 0.25) is 0 Å². The van der Waals surface area contributed by atoms with E-state index in [1.165, 1.54) is 43.5 Å². The zero-order valence-corrected chi connectivity index (χ0v) is 29.3. The number of anilines is 2. The van der Waals surface area contributed by atoms with Crippen LogP contribution in [-0.4, -0.2) is 40.8 Å². The van der Waals surface area contributed by atoms with Gasteiger partial charge in [-0.1, -0.05) is 34.3 Å². The molecule has 20 heteroatoms. The van der Waals surface area contributed by atoms with Crippen molar-refractivity contribution in [2.45, 2.75) is 14.7 Å². The predicted octanol–water partition coefficient (Wildman–Crippen LogP) is 10.1. The molecule has 0 amide bonds. The molecule has 0 unspecified atom stereocenters. The van der Waals surface area contributed by atoms with Crippen LogP contribution in [0.1, 0.15) is 0 Å². The summed E-state index contributed by atoms with van der Waals surface area (Å²) in [7, 11) is -3.29. The first-order valence-corrected chi connectivity index (χ1v) is 17.7. The molecule has 0 heterocycles. The predicted molar refractivity (Wildman–Crippen MR) is 193 cm³/mol. The third kappa shape index (κ3) is 8.81. The number of hydrogen-bond acceptors (Lipinski definition) is 18. The van der Waals surface area contributed by atoms with Gasteiger partial charge in [-0.15, -0.1) is 24.0 Å². The van der Waals surface area contributed by atoms with Crippen molar-refractivity contribution in [1.29, 1.82) is 0 Å². The molecule has 17 nitrogen and oxygen atoms in total. The summed E-state index contributed by atoms with van der Waals surface area (Å²) in [5.74, 6) is -0.520. The average Bonchev–Trinajstić information content (AvgIpc) is 3.15. The lowest BCUT2D eigenvalue weighted by atomic mass is 10.1. The molecule has 6 rings (SSSR count). The van der Waals surface area contributed by atoms with Crippen molar-refractivity contribution in [2.24, 2.45) is 20.5 Å². The van der Waals surface area contributed by atoms with Gasteiger partial charge >= 0.3 is 0 Å². The van der Waals surface area contributed by atoms with Crippen LogP contribution in [0.5, 0.6) is 17.2 Å². The second kappa shape index (κ2) is 16.5. The molecule has 6 aromatic carbocycles. The Bertz CT molecular complexity index is 2470. The fourth-order valence-corrected chi connectivity index (χ4v) is 6.85. The van der Waals surface area contributed by atoms with Crippen molar-refractivity contribution in [3.8, 4) is 17.2 Å². The number of nitrogens with one attached hydrogen (secondary N) is 1. The molecule has 0 saturated carbocycles. The Labute approximate surface area is 308 Å². The van der Waals surface area contributed by atoms with Gasteiger partial charge in [-0.25, -0.2) is 10.5 Å². The molecule has 6 N–H and O–H groups in total. The van der Waals surface area contributed by atoms with Crippen LogP contribution in [0.25, 0.3) is 21.5 Å². The van der Waals surface area contributed by atoms with E-state index in [1.807, 2.05) is 30.3 Å². The fraction of sp³-hybridized carbons (Fsp3) is 0.0303. The summed E-state index contributed by atoms with van der Waals surface area (Å²) in [6, 6.07) is 25.9. The van der Waals surface area contributed by atoms with Gasteiger partial charge in [-0.3, -0.25) is 4.55 Å². The van der Waals surface area contributed by atoms with Crippen molar-refractivity contribution < 1.29 is 57.2 Å². The van der Waals surface area contributed by atoms with E-state index in [-0.39, 0.29) is 55.2 Å². The van der Waals surface area contributed by atoms with Crippen LogP contribution in [0.4, 0.5) is 34.1 Å². The molecule has 0 radical (unpaired) electrons. The molecule has 0 fully saturated rings. The van der Waals surface area contributed by atoms with Crippen LogP contribution in [0.15, 0.2) is 132 Å². The number of ether oxygens (including phenoxy) is 1. The highest BCUT2D eigenvalue weighted by molar-refractivity contribution is 7.95. The standard InChI is InChI=1S/C33H25N5O12S3/c1-46-29-17-26(28(39)16-27(29)37-35-22-8-9-24-18(12-22)13-23(51-49-47-41)15-31(24)53(43,44)45)36-38-32-30(52-50-48-42)14-19-11-21(7-10-25(19)33(32)40)34-20-5-3-2-4-6-20/h2-17,34,39-42H,1H3,(H,43,44,45). The van der Waals surface area contributed by atoms with Crippen molar-refractivity contribution in [3.05, 3.63) is 97.1 Å². The minimum Gasteiger partial charge on any atom is -0.506 e. The van der Waals surface area contributed by atoms with Gasteiger partial charge in [0.05, 0.1) is 41.8 Å². The molecule has 0 saturated heterocycles. The minimum absolute atomic E-state index is 0.0593. The first-order chi connectivity index (χ1) is 25.6. The number of phenols is 2. The normalized spacial score (nSPS) is 12.0. The Morgan fingerprint density at radius 3 is 2.15 bits per heavy atom. The van der Waals surface area contributed by atoms with Crippen molar-refractivity contribution in [2.75, 3.05) is 12.4 Å². The summed E-state index contributed by atoms with van der Waals surface area (Å²) in [6.45, 7) is 0. The molecule has 0 bridgehead atoms. The van der Waals surface area contributed by atoms with Gasteiger partial charge < -0.3 is 20.3 Å². The van der Waals surface area contributed by atoms with Crippen LogP contribution in [0.3, 0.4) is 0 Å². The number of phenolic OH excluding ortho intramolecular Hbond substituents is 2. The van der Waals surface area contributed by atoms with Crippen LogP contribution < -0.4 is 10.1 Å². The molecule has 0 aromatic heterocycles. The van der Waals surface area contributed by atoms with Crippen molar-refractivity contribution in [3.63, 3.8) is 0 Å². The number of para-hydroxylation sites is 1. The van der Waals surface area contributed by atoms with E-state index >= 15 is 0 Å². The molecule has 0 aliphatic rings. The number of methoxy groups -OCH3 is 1. The monoisotopic (exact) mass is 779 g/mol. The summed E-state index contributed by atoms with van der Waals surface area (Å²) < 4.78 is 48.2. The van der Waals surface area contributed by atoms with Gasteiger partial charge in [-0.05, 0) is 71.4 Å². The highest BCUT2D eigenvalue weighted by atomic mass is 32.2. The Balaban J connectivity index is 1.30. The fourth-order valence-electron chi connectivity index (χ4n) is 5.09. The molecule has 0 spiro atoms. The zero-order chi connectivity index (χ0) is 37.5. The second-order valence-electron chi connectivity index (χ2n) is 10.7. The van der Waals surface area contributed by atoms with Gasteiger partial charge in [-0.2, -0.15) is 13.5 Å². The Morgan fingerprint density at radius 1 is 0.698 bits per heavy atom. The van der Waals surface area contributed by atoms with Crippen molar-refractivity contribution >= 4 is 89.9 Å². The molecule has 0 aliphatic carbocycles. The molecule has 0 aliphatic heterocycles. The van der Waals surface area contributed by atoms with Crippen molar-refractivity contribution in [1.82, 2.24) is 0 Å². The van der Waals surface area contributed by atoms with Crippen LogP contribution in [-0.2, 0) is 28.9 Å². The molecule has 0 atom stereocenters.